The van der Waals surface area contributed by atoms with Crippen molar-refractivity contribution in [1.82, 2.24) is 0 Å². The minimum absolute atomic E-state index is 0.285. The Hall–Kier alpha value is -1.74. The Morgan fingerprint density at radius 1 is 0.833 bits per heavy atom. The summed E-state index contributed by atoms with van der Waals surface area (Å²) >= 11 is 5.52. The lowest BCUT2D eigenvalue weighted by Crippen LogP contribution is -1.97. The second kappa shape index (κ2) is 6.26. The Labute approximate surface area is 110 Å². The SMILES string of the molecule is Fc1ccc(Oc2ccc(OCCCl)cc2)cc1. The molecular weight excluding hydrogens is 255 g/mol. The number of hydrogen-bond acceptors (Lipinski definition) is 2. The van der Waals surface area contributed by atoms with E-state index >= 15 is 0 Å². The molecule has 0 fully saturated rings. The standard InChI is InChI=1S/C14H12ClFO2/c15-9-10-17-12-5-7-14(8-6-12)18-13-3-1-11(16)2-4-13/h1-8H,9-10H2. The smallest absolute Gasteiger partial charge is 0.127 e. The van der Waals surface area contributed by atoms with Crippen molar-refractivity contribution < 1.29 is 13.9 Å². The van der Waals surface area contributed by atoms with Gasteiger partial charge in [0.1, 0.15) is 29.7 Å². The van der Waals surface area contributed by atoms with E-state index in [0.717, 1.165) is 5.75 Å². The molecule has 0 saturated carbocycles. The molecule has 0 unspecified atom stereocenters. The molecule has 2 rings (SSSR count). The summed E-state index contributed by atoms with van der Waals surface area (Å²) in [6, 6.07) is 13.0. The largest absolute Gasteiger partial charge is 0.492 e. The summed E-state index contributed by atoms with van der Waals surface area (Å²) in [5.74, 6) is 2.16. The molecule has 4 heteroatoms. The molecule has 0 atom stereocenters. The Kier molecular flexibility index (Phi) is 4.42. The van der Waals surface area contributed by atoms with Crippen molar-refractivity contribution in [2.24, 2.45) is 0 Å². The Balaban J connectivity index is 1.99. The summed E-state index contributed by atoms with van der Waals surface area (Å²) in [5.41, 5.74) is 0. The first kappa shape index (κ1) is 12.7. The van der Waals surface area contributed by atoms with Gasteiger partial charge in [0.25, 0.3) is 0 Å². The average molecular weight is 267 g/mol. The zero-order valence-electron chi connectivity index (χ0n) is 9.61. The summed E-state index contributed by atoms with van der Waals surface area (Å²) in [5, 5.41) is 0. The van der Waals surface area contributed by atoms with Crippen molar-refractivity contribution in [3.05, 3.63) is 54.3 Å². The van der Waals surface area contributed by atoms with Gasteiger partial charge in [-0.2, -0.15) is 0 Å². The van der Waals surface area contributed by atoms with Gasteiger partial charge in [-0.1, -0.05) is 0 Å². The Morgan fingerprint density at radius 2 is 1.33 bits per heavy atom. The second-order valence-corrected chi connectivity index (χ2v) is 3.94. The highest BCUT2D eigenvalue weighted by Gasteiger charge is 1.99. The zero-order chi connectivity index (χ0) is 12.8. The molecule has 0 heterocycles. The molecule has 18 heavy (non-hydrogen) atoms. The molecule has 0 aliphatic rings. The van der Waals surface area contributed by atoms with Crippen LogP contribution in [0, 0.1) is 5.82 Å². The zero-order valence-corrected chi connectivity index (χ0v) is 10.4. The van der Waals surface area contributed by atoms with E-state index < -0.39 is 0 Å². The van der Waals surface area contributed by atoms with Gasteiger partial charge in [-0.15, -0.1) is 11.6 Å². The van der Waals surface area contributed by atoms with Crippen LogP contribution in [-0.2, 0) is 0 Å². The molecular formula is C14H12ClFO2. The molecule has 0 aliphatic heterocycles. The summed E-state index contributed by atoms with van der Waals surface area (Å²) in [7, 11) is 0. The maximum Gasteiger partial charge on any atom is 0.127 e. The number of halogens is 2. The third-order valence-electron chi connectivity index (χ3n) is 2.22. The first-order valence-electron chi connectivity index (χ1n) is 5.50. The van der Waals surface area contributed by atoms with Crippen LogP contribution in [0.3, 0.4) is 0 Å². The molecule has 94 valence electrons. The van der Waals surface area contributed by atoms with E-state index in [0.29, 0.717) is 24.0 Å². The molecule has 0 radical (unpaired) electrons. The van der Waals surface area contributed by atoms with Gasteiger partial charge in [-0.05, 0) is 48.5 Å². The highest BCUT2D eigenvalue weighted by Crippen LogP contribution is 2.23. The van der Waals surface area contributed by atoms with Crippen LogP contribution in [0.5, 0.6) is 17.2 Å². The third kappa shape index (κ3) is 3.64. The number of hydrogen-bond donors (Lipinski definition) is 0. The minimum atomic E-state index is -0.285. The van der Waals surface area contributed by atoms with E-state index in [1.807, 2.05) is 0 Å². The van der Waals surface area contributed by atoms with Crippen LogP contribution in [0.4, 0.5) is 4.39 Å². The minimum Gasteiger partial charge on any atom is -0.492 e. The maximum atomic E-state index is 12.7. The molecule has 0 aromatic heterocycles. The van der Waals surface area contributed by atoms with Crippen LogP contribution in [0.2, 0.25) is 0 Å². The molecule has 0 N–H and O–H groups in total. The van der Waals surface area contributed by atoms with Crippen molar-refractivity contribution in [3.63, 3.8) is 0 Å². The summed E-state index contributed by atoms with van der Waals surface area (Å²) < 4.78 is 23.6. The van der Waals surface area contributed by atoms with Gasteiger partial charge in [-0.25, -0.2) is 4.39 Å². The van der Waals surface area contributed by atoms with E-state index in [1.165, 1.54) is 12.1 Å². The first-order valence-corrected chi connectivity index (χ1v) is 6.03. The summed E-state index contributed by atoms with van der Waals surface area (Å²) in [4.78, 5) is 0. The van der Waals surface area contributed by atoms with Crippen LogP contribution in [-0.4, -0.2) is 12.5 Å². The van der Waals surface area contributed by atoms with Gasteiger partial charge in [0.05, 0.1) is 5.88 Å². The van der Waals surface area contributed by atoms with Gasteiger partial charge in [0, 0.05) is 0 Å². The fourth-order valence-electron chi connectivity index (χ4n) is 1.40. The highest BCUT2D eigenvalue weighted by molar-refractivity contribution is 6.18. The van der Waals surface area contributed by atoms with Crippen LogP contribution >= 0.6 is 11.6 Å². The van der Waals surface area contributed by atoms with Crippen molar-refractivity contribution in [1.29, 1.82) is 0 Å². The van der Waals surface area contributed by atoms with Gasteiger partial charge >= 0.3 is 0 Å². The fraction of sp³-hybridized carbons (Fsp3) is 0.143. The van der Waals surface area contributed by atoms with E-state index in [-0.39, 0.29) is 5.82 Å². The van der Waals surface area contributed by atoms with Gasteiger partial charge in [0.15, 0.2) is 0 Å². The van der Waals surface area contributed by atoms with Gasteiger partial charge < -0.3 is 9.47 Å². The topological polar surface area (TPSA) is 18.5 Å². The molecule has 2 nitrogen and oxygen atoms in total. The number of ether oxygens (including phenoxy) is 2. The van der Waals surface area contributed by atoms with E-state index in [9.17, 15) is 4.39 Å². The van der Waals surface area contributed by atoms with E-state index in [4.69, 9.17) is 21.1 Å². The average Bonchev–Trinajstić information content (AvgIpc) is 2.41. The highest BCUT2D eigenvalue weighted by atomic mass is 35.5. The van der Waals surface area contributed by atoms with Crippen molar-refractivity contribution in [3.8, 4) is 17.2 Å². The number of benzene rings is 2. The lowest BCUT2D eigenvalue weighted by molar-refractivity contribution is 0.342. The monoisotopic (exact) mass is 266 g/mol. The van der Waals surface area contributed by atoms with Crippen molar-refractivity contribution in [2.45, 2.75) is 0 Å². The number of alkyl halides is 1. The molecule has 0 aliphatic carbocycles. The second-order valence-electron chi connectivity index (χ2n) is 3.56. The normalized spacial score (nSPS) is 10.1. The van der Waals surface area contributed by atoms with Crippen molar-refractivity contribution >= 4 is 11.6 Å². The molecule has 0 saturated heterocycles. The van der Waals surface area contributed by atoms with Crippen LogP contribution in [0.1, 0.15) is 0 Å². The third-order valence-corrected chi connectivity index (χ3v) is 2.37. The van der Waals surface area contributed by atoms with Crippen LogP contribution < -0.4 is 9.47 Å². The van der Waals surface area contributed by atoms with E-state index in [1.54, 1.807) is 36.4 Å². The van der Waals surface area contributed by atoms with Crippen LogP contribution in [0.15, 0.2) is 48.5 Å². The lowest BCUT2D eigenvalue weighted by atomic mass is 10.3. The predicted molar refractivity (Wildman–Crippen MR) is 69.1 cm³/mol. The fourth-order valence-corrected chi connectivity index (χ4v) is 1.48. The maximum absolute atomic E-state index is 12.7. The quantitative estimate of drug-likeness (QED) is 0.754. The summed E-state index contributed by atoms with van der Waals surface area (Å²) in [6.07, 6.45) is 0. The first-order chi connectivity index (χ1) is 8.78. The number of rotatable bonds is 5. The Morgan fingerprint density at radius 3 is 1.89 bits per heavy atom. The molecule has 2 aromatic carbocycles. The van der Waals surface area contributed by atoms with E-state index in [2.05, 4.69) is 0 Å². The summed E-state index contributed by atoms with van der Waals surface area (Å²) in [6.45, 7) is 0.472. The molecule has 0 spiro atoms. The van der Waals surface area contributed by atoms with Gasteiger partial charge in [-0.3, -0.25) is 0 Å². The molecule has 0 amide bonds. The van der Waals surface area contributed by atoms with Crippen LogP contribution in [0.25, 0.3) is 0 Å². The molecule has 0 bridgehead atoms. The lowest BCUT2D eigenvalue weighted by Gasteiger charge is -2.07. The van der Waals surface area contributed by atoms with Gasteiger partial charge in [0.2, 0.25) is 0 Å². The predicted octanol–water partition coefficient (Wildman–Crippen LogP) is 4.24. The Bertz CT molecular complexity index is 482. The van der Waals surface area contributed by atoms with Crippen molar-refractivity contribution in [2.75, 3.05) is 12.5 Å². The molecule has 2 aromatic rings.